The number of methoxy groups -OCH3 is 2. The number of hydrogen-bond donors (Lipinski definition) is 1. The number of nitrogens with one attached hydrogen (secondary N) is 1. The van der Waals surface area contributed by atoms with Gasteiger partial charge in [-0.15, -0.1) is 0 Å². The van der Waals surface area contributed by atoms with Crippen molar-refractivity contribution >= 4 is 11.5 Å². The first-order valence-corrected chi connectivity index (χ1v) is 8.78. The maximum Gasteiger partial charge on any atom is 0.323 e. The summed E-state index contributed by atoms with van der Waals surface area (Å²) >= 11 is 0. The van der Waals surface area contributed by atoms with Gasteiger partial charge in [0.2, 0.25) is 0 Å². The zero-order valence-corrected chi connectivity index (χ0v) is 15.7. The fourth-order valence-corrected chi connectivity index (χ4v) is 3.59. The van der Waals surface area contributed by atoms with Crippen molar-refractivity contribution in [3.63, 3.8) is 0 Å². The quantitative estimate of drug-likeness (QED) is 0.844. The largest absolute Gasteiger partial charge is 0.497 e. The molecule has 4 nitrogen and oxygen atoms in total. The third-order valence-electron chi connectivity index (χ3n) is 5.09. The highest BCUT2D eigenvalue weighted by molar-refractivity contribution is 5.83. The summed E-state index contributed by atoms with van der Waals surface area (Å²) in [7, 11) is 3.09. The minimum absolute atomic E-state index is 0.0478. The Hall–Kier alpha value is -2.59. The Bertz CT molecular complexity index is 824. The fraction of sp³-hybridized carbons (Fsp3) is 0.318. The van der Waals surface area contributed by atoms with Crippen molar-refractivity contribution in [2.24, 2.45) is 0 Å². The second kappa shape index (κ2) is 7.75. The van der Waals surface area contributed by atoms with Crippen molar-refractivity contribution in [3.05, 3.63) is 70.8 Å². The predicted octanol–water partition coefficient (Wildman–Crippen LogP) is 4.05. The van der Waals surface area contributed by atoms with Gasteiger partial charge in [0.25, 0.3) is 0 Å². The number of aryl methyl sites for hydroxylation is 1. The van der Waals surface area contributed by atoms with Gasteiger partial charge in [-0.05, 0) is 60.2 Å². The molecule has 0 radical (unpaired) electrons. The summed E-state index contributed by atoms with van der Waals surface area (Å²) in [5.74, 6) is 0.580. The average Bonchev–Trinajstić information content (AvgIpc) is 2.68. The normalized spacial score (nSPS) is 20.0. The molecule has 26 heavy (non-hydrogen) atoms. The monoisotopic (exact) mass is 351 g/mol. The molecule has 0 fully saturated rings. The number of rotatable bonds is 4. The van der Waals surface area contributed by atoms with Gasteiger partial charge in [0.1, 0.15) is 11.8 Å². The van der Waals surface area contributed by atoms with Gasteiger partial charge < -0.3 is 9.47 Å². The van der Waals surface area contributed by atoms with Crippen molar-refractivity contribution < 1.29 is 14.3 Å². The molecule has 1 heterocycles. The molecule has 2 aromatic carbocycles. The van der Waals surface area contributed by atoms with Crippen LogP contribution in [0.3, 0.4) is 0 Å². The summed E-state index contributed by atoms with van der Waals surface area (Å²) < 4.78 is 10.3. The first-order valence-electron chi connectivity index (χ1n) is 8.78. The number of hydrogen-bond acceptors (Lipinski definition) is 4. The minimum atomic E-state index is -0.370. The Morgan fingerprint density at radius 3 is 2.35 bits per heavy atom. The van der Waals surface area contributed by atoms with Crippen LogP contribution in [0, 0.1) is 6.92 Å². The number of carbonyl (C=O) groups excluding carboxylic acids is 1. The van der Waals surface area contributed by atoms with E-state index >= 15 is 0 Å². The summed E-state index contributed by atoms with van der Waals surface area (Å²) in [5.41, 5.74) is 5.94. The Morgan fingerprint density at radius 2 is 1.73 bits per heavy atom. The highest BCUT2D eigenvalue weighted by atomic mass is 16.5. The van der Waals surface area contributed by atoms with Crippen molar-refractivity contribution in [1.82, 2.24) is 5.32 Å². The van der Waals surface area contributed by atoms with Crippen LogP contribution in [0.1, 0.15) is 36.1 Å². The second-order valence-electron chi connectivity index (χ2n) is 6.63. The Balaban J connectivity index is 2.07. The standard InChI is InChI=1S/C22H25NO3/c1-14-7-5-6-8-18(14)19-13-20(22(24)26-4)23-21(15(19)2)16-9-11-17(25-3)12-10-16/h5-12,20-21,23H,13H2,1-4H3/t20-,21?/m0/s1. The van der Waals surface area contributed by atoms with Crippen LogP contribution in [-0.2, 0) is 9.53 Å². The number of benzene rings is 2. The van der Waals surface area contributed by atoms with E-state index in [-0.39, 0.29) is 18.1 Å². The lowest BCUT2D eigenvalue weighted by Crippen LogP contribution is -2.43. The Morgan fingerprint density at radius 1 is 1.04 bits per heavy atom. The summed E-state index contributed by atoms with van der Waals surface area (Å²) in [6, 6.07) is 15.9. The van der Waals surface area contributed by atoms with Crippen molar-refractivity contribution in [3.8, 4) is 5.75 Å². The summed E-state index contributed by atoms with van der Waals surface area (Å²) in [6.45, 7) is 4.24. The lowest BCUT2D eigenvalue weighted by atomic mass is 9.83. The molecular formula is C22H25NO3. The predicted molar refractivity (Wildman–Crippen MR) is 103 cm³/mol. The Kier molecular flexibility index (Phi) is 5.43. The molecule has 0 amide bonds. The maximum absolute atomic E-state index is 12.3. The molecule has 0 saturated carbocycles. The van der Waals surface area contributed by atoms with Gasteiger partial charge in [-0.1, -0.05) is 36.4 Å². The lowest BCUT2D eigenvalue weighted by molar-refractivity contribution is -0.143. The van der Waals surface area contributed by atoms with E-state index in [1.54, 1.807) is 7.11 Å². The van der Waals surface area contributed by atoms with E-state index in [4.69, 9.17) is 9.47 Å². The zero-order valence-electron chi connectivity index (χ0n) is 15.7. The van der Waals surface area contributed by atoms with Gasteiger partial charge >= 0.3 is 5.97 Å². The van der Waals surface area contributed by atoms with E-state index in [0.29, 0.717) is 6.42 Å². The molecule has 3 rings (SSSR count). The van der Waals surface area contributed by atoms with E-state index in [1.807, 2.05) is 36.4 Å². The molecule has 0 aliphatic carbocycles. The van der Waals surface area contributed by atoms with Gasteiger partial charge in [-0.3, -0.25) is 10.1 Å². The molecular weight excluding hydrogens is 326 g/mol. The first-order chi connectivity index (χ1) is 12.5. The third kappa shape index (κ3) is 3.51. The van der Waals surface area contributed by atoms with Crippen LogP contribution in [0.25, 0.3) is 5.57 Å². The van der Waals surface area contributed by atoms with Gasteiger partial charge in [-0.25, -0.2) is 0 Å². The first kappa shape index (κ1) is 18.2. The molecule has 2 aromatic rings. The molecule has 1 aliphatic heterocycles. The van der Waals surface area contributed by atoms with Crippen molar-refractivity contribution in [2.75, 3.05) is 14.2 Å². The van der Waals surface area contributed by atoms with Gasteiger partial charge in [0, 0.05) is 0 Å². The van der Waals surface area contributed by atoms with E-state index in [1.165, 1.54) is 29.4 Å². The Labute approximate surface area is 154 Å². The number of ether oxygens (including phenoxy) is 2. The molecule has 0 saturated heterocycles. The highest BCUT2D eigenvalue weighted by Crippen LogP contribution is 2.38. The number of carbonyl (C=O) groups is 1. The lowest BCUT2D eigenvalue weighted by Gasteiger charge is -2.34. The van der Waals surface area contributed by atoms with E-state index in [2.05, 4.69) is 31.3 Å². The summed E-state index contributed by atoms with van der Waals surface area (Å²) in [4.78, 5) is 12.3. The van der Waals surface area contributed by atoms with Crippen LogP contribution in [0.5, 0.6) is 5.75 Å². The van der Waals surface area contributed by atoms with Gasteiger partial charge in [0.05, 0.1) is 20.3 Å². The average molecular weight is 351 g/mol. The molecule has 0 aromatic heterocycles. The van der Waals surface area contributed by atoms with Crippen molar-refractivity contribution in [2.45, 2.75) is 32.4 Å². The van der Waals surface area contributed by atoms with E-state index in [0.717, 1.165) is 11.3 Å². The fourth-order valence-electron chi connectivity index (χ4n) is 3.59. The smallest absolute Gasteiger partial charge is 0.323 e. The van der Waals surface area contributed by atoms with Crippen LogP contribution < -0.4 is 10.1 Å². The van der Waals surface area contributed by atoms with Crippen LogP contribution in [0.2, 0.25) is 0 Å². The van der Waals surface area contributed by atoms with Crippen LogP contribution >= 0.6 is 0 Å². The molecule has 1 unspecified atom stereocenters. The maximum atomic E-state index is 12.3. The molecule has 0 spiro atoms. The minimum Gasteiger partial charge on any atom is -0.497 e. The number of esters is 1. The molecule has 4 heteroatoms. The third-order valence-corrected chi connectivity index (χ3v) is 5.09. The van der Waals surface area contributed by atoms with Gasteiger partial charge in [0.15, 0.2) is 0 Å². The molecule has 2 atom stereocenters. The van der Waals surface area contributed by atoms with Crippen LogP contribution in [0.15, 0.2) is 54.1 Å². The SMILES string of the molecule is COC(=O)[C@@H]1CC(c2ccccc2C)=C(C)C(c2ccc(OC)cc2)N1. The summed E-state index contributed by atoms with van der Waals surface area (Å²) in [5, 5.41) is 3.45. The van der Waals surface area contributed by atoms with E-state index in [9.17, 15) is 4.79 Å². The highest BCUT2D eigenvalue weighted by Gasteiger charge is 2.32. The van der Waals surface area contributed by atoms with Crippen LogP contribution in [-0.4, -0.2) is 26.2 Å². The van der Waals surface area contributed by atoms with Gasteiger partial charge in [-0.2, -0.15) is 0 Å². The molecule has 1 N–H and O–H groups in total. The van der Waals surface area contributed by atoms with Crippen molar-refractivity contribution in [1.29, 1.82) is 0 Å². The van der Waals surface area contributed by atoms with E-state index < -0.39 is 0 Å². The molecule has 1 aliphatic rings. The summed E-state index contributed by atoms with van der Waals surface area (Å²) in [6.07, 6.45) is 0.621. The molecule has 0 bridgehead atoms. The topological polar surface area (TPSA) is 47.6 Å². The molecule has 136 valence electrons. The van der Waals surface area contributed by atoms with Crippen LogP contribution in [0.4, 0.5) is 0 Å². The zero-order chi connectivity index (χ0) is 18.7. The second-order valence-corrected chi connectivity index (χ2v) is 6.63.